The first-order valence-electron chi connectivity index (χ1n) is 4.25. The Bertz CT molecular complexity index is 235. The van der Waals surface area contributed by atoms with E-state index in [4.69, 9.17) is 10.2 Å². The molecular formula is C10H14O3. The molecule has 0 spiro atoms. The van der Waals surface area contributed by atoms with Gasteiger partial charge in [-0.15, -0.1) is 0 Å². The maximum atomic E-state index is 9.36. The molecule has 0 saturated carbocycles. The molecule has 0 amide bonds. The zero-order valence-electron chi connectivity index (χ0n) is 7.30. The first kappa shape index (κ1) is 10.2. The topological polar surface area (TPSA) is 60.7 Å². The van der Waals surface area contributed by atoms with Crippen LogP contribution in [0.1, 0.15) is 5.56 Å². The van der Waals surface area contributed by atoms with E-state index in [2.05, 4.69) is 0 Å². The van der Waals surface area contributed by atoms with E-state index in [1.54, 1.807) is 0 Å². The lowest BCUT2D eigenvalue weighted by Crippen LogP contribution is -2.30. The summed E-state index contributed by atoms with van der Waals surface area (Å²) in [6.07, 6.45) is -1.59. The SMILES string of the molecule is OC[C@H](O)C(O)Cc1ccccc1. The molecule has 1 unspecified atom stereocenters. The number of rotatable bonds is 4. The molecule has 0 aromatic heterocycles. The quantitative estimate of drug-likeness (QED) is 0.611. The molecule has 1 rings (SSSR count). The molecule has 72 valence electrons. The Balaban J connectivity index is 2.50. The van der Waals surface area contributed by atoms with E-state index >= 15 is 0 Å². The molecule has 13 heavy (non-hydrogen) atoms. The summed E-state index contributed by atoms with van der Waals surface area (Å²) in [6, 6.07) is 9.36. The van der Waals surface area contributed by atoms with Crippen LogP contribution in [-0.4, -0.2) is 34.1 Å². The van der Waals surface area contributed by atoms with Crippen molar-refractivity contribution in [1.29, 1.82) is 0 Å². The van der Waals surface area contributed by atoms with Gasteiger partial charge in [0.05, 0.1) is 12.7 Å². The highest BCUT2D eigenvalue weighted by atomic mass is 16.4. The predicted octanol–water partition coefficient (Wildman–Crippen LogP) is -0.0568. The minimum atomic E-state index is -1.06. The van der Waals surface area contributed by atoms with Crippen molar-refractivity contribution in [2.75, 3.05) is 6.61 Å². The summed E-state index contributed by atoms with van der Waals surface area (Å²) in [5.41, 5.74) is 0.947. The Morgan fingerprint density at radius 1 is 1.00 bits per heavy atom. The lowest BCUT2D eigenvalue weighted by atomic mass is 10.0. The number of aliphatic hydroxyl groups excluding tert-OH is 3. The molecule has 0 aliphatic heterocycles. The monoisotopic (exact) mass is 182 g/mol. The van der Waals surface area contributed by atoms with Crippen molar-refractivity contribution in [3.05, 3.63) is 35.9 Å². The van der Waals surface area contributed by atoms with Crippen LogP contribution in [0.15, 0.2) is 30.3 Å². The van der Waals surface area contributed by atoms with Crippen LogP contribution in [0.5, 0.6) is 0 Å². The lowest BCUT2D eigenvalue weighted by Gasteiger charge is -2.15. The van der Waals surface area contributed by atoms with Gasteiger partial charge in [-0.05, 0) is 5.56 Å². The molecule has 0 heterocycles. The minimum absolute atomic E-state index is 0.364. The molecule has 3 nitrogen and oxygen atoms in total. The smallest absolute Gasteiger partial charge is 0.103 e. The van der Waals surface area contributed by atoms with Crippen molar-refractivity contribution in [3.8, 4) is 0 Å². The number of hydrogen-bond donors (Lipinski definition) is 3. The van der Waals surface area contributed by atoms with E-state index in [-0.39, 0.29) is 0 Å². The average Bonchev–Trinajstić information content (AvgIpc) is 2.18. The van der Waals surface area contributed by atoms with E-state index in [0.29, 0.717) is 6.42 Å². The van der Waals surface area contributed by atoms with Gasteiger partial charge in [0.15, 0.2) is 0 Å². The summed E-state index contributed by atoms with van der Waals surface area (Å²) < 4.78 is 0. The van der Waals surface area contributed by atoms with Gasteiger partial charge < -0.3 is 15.3 Å². The van der Waals surface area contributed by atoms with Crippen LogP contribution in [0.4, 0.5) is 0 Å². The molecule has 1 aromatic carbocycles. The van der Waals surface area contributed by atoms with Gasteiger partial charge in [0.25, 0.3) is 0 Å². The van der Waals surface area contributed by atoms with Crippen LogP contribution in [0.25, 0.3) is 0 Å². The van der Waals surface area contributed by atoms with E-state index in [0.717, 1.165) is 5.56 Å². The van der Waals surface area contributed by atoms with Gasteiger partial charge in [0.2, 0.25) is 0 Å². The van der Waals surface area contributed by atoms with Gasteiger partial charge in [-0.2, -0.15) is 0 Å². The lowest BCUT2D eigenvalue weighted by molar-refractivity contribution is -0.0132. The summed E-state index contributed by atoms with van der Waals surface area (Å²) in [5, 5.41) is 27.0. The van der Waals surface area contributed by atoms with Gasteiger partial charge in [0.1, 0.15) is 6.10 Å². The van der Waals surface area contributed by atoms with Gasteiger partial charge in [0, 0.05) is 6.42 Å². The molecular weight excluding hydrogens is 168 g/mol. The standard InChI is InChI=1S/C10H14O3/c11-7-10(13)9(12)6-8-4-2-1-3-5-8/h1-5,9-13H,6-7H2/t9?,10-/m0/s1. The van der Waals surface area contributed by atoms with Crippen LogP contribution in [-0.2, 0) is 6.42 Å². The second kappa shape index (κ2) is 4.97. The molecule has 2 atom stereocenters. The van der Waals surface area contributed by atoms with Crippen molar-refractivity contribution in [1.82, 2.24) is 0 Å². The molecule has 0 aliphatic carbocycles. The van der Waals surface area contributed by atoms with Crippen molar-refractivity contribution in [2.45, 2.75) is 18.6 Å². The largest absolute Gasteiger partial charge is 0.394 e. The summed E-state index contributed by atoms with van der Waals surface area (Å²) >= 11 is 0. The Morgan fingerprint density at radius 3 is 2.15 bits per heavy atom. The minimum Gasteiger partial charge on any atom is -0.394 e. The number of hydrogen-bond acceptors (Lipinski definition) is 3. The molecule has 3 N–H and O–H groups in total. The highest BCUT2D eigenvalue weighted by Crippen LogP contribution is 2.05. The third-order valence-electron chi connectivity index (χ3n) is 1.92. The fraction of sp³-hybridized carbons (Fsp3) is 0.400. The third-order valence-corrected chi connectivity index (χ3v) is 1.92. The van der Waals surface area contributed by atoms with Crippen LogP contribution in [0, 0.1) is 0 Å². The Morgan fingerprint density at radius 2 is 1.62 bits per heavy atom. The van der Waals surface area contributed by atoms with E-state index < -0.39 is 18.8 Å². The fourth-order valence-electron chi connectivity index (χ4n) is 1.11. The molecule has 0 bridgehead atoms. The molecule has 0 aliphatic rings. The average molecular weight is 182 g/mol. The van der Waals surface area contributed by atoms with E-state index in [9.17, 15) is 5.11 Å². The molecule has 0 saturated heterocycles. The van der Waals surface area contributed by atoms with Gasteiger partial charge in [-0.3, -0.25) is 0 Å². The molecule has 3 heteroatoms. The zero-order valence-corrected chi connectivity index (χ0v) is 7.30. The van der Waals surface area contributed by atoms with E-state index in [1.165, 1.54) is 0 Å². The van der Waals surface area contributed by atoms with Crippen molar-refractivity contribution in [3.63, 3.8) is 0 Å². The van der Waals surface area contributed by atoms with Crippen LogP contribution in [0.3, 0.4) is 0 Å². The highest BCUT2D eigenvalue weighted by molar-refractivity contribution is 5.15. The summed E-state index contributed by atoms with van der Waals surface area (Å²) in [4.78, 5) is 0. The Labute approximate surface area is 77.3 Å². The number of benzene rings is 1. The van der Waals surface area contributed by atoms with Gasteiger partial charge in [-0.1, -0.05) is 30.3 Å². The normalized spacial score (nSPS) is 15.3. The van der Waals surface area contributed by atoms with Crippen molar-refractivity contribution in [2.24, 2.45) is 0 Å². The van der Waals surface area contributed by atoms with Gasteiger partial charge >= 0.3 is 0 Å². The molecule has 1 aromatic rings. The summed E-state index contributed by atoms with van der Waals surface area (Å²) in [6.45, 7) is -0.409. The number of aliphatic hydroxyl groups is 3. The second-order valence-electron chi connectivity index (χ2n) is 3.01. The molecule has 0 radical (unpaired) electrons. The van der Waals surface area contributed by atoms with Crippen LogP contribution >= 0.6 is 0 Å². The first-order valence-corrected chi connectivity index (χ1v) is 4.25. The summed E-state index contributed by atoms with van der Waals surface area (Å²) in [5.74, 6) is 0. The van der Waals surface area contributed by atoms with Gasteiger partial charge in [-0.25, -0.2) is 0 Å². The maximum Gasteiger partial charge on any atom is 0.103 e. The fourth-order valence-corrected chi connectivity index (χ4v) is 1.11. The Kier molecular flexibility index (Phi) is 3.89. The van der Waals surface area contributed by atoms with Crippen molar-refractivity contribution < 1.29 is 15.3 Å². The second-order valence-corrected chi connectivity index (χ2v) is 3.01. The van der Waals surface area contributed by atoms with E-state index in [1.807, 2.05) is 30.3 Å². The maximum absolute atomic E-state index is 9.36. The van der Waals surface area contributed by atoms with Crippen molar-refractivity contribution >= 4 is 0 Å². The zero-order chi connectivity index (χ0) is 9.68. The Hall–Kier alpha value is -0.900. The van der Waals surface area contributed by atoms with Crippen LogP contribution < -0.4 is 0 Å². The first-order chi connectivity index (χ1) is 6.24. The molecule has 0 fully saturated rings. The van der Waals surface area contributed by atoms with Crippen LogP contribution in [0.2, 0.25) is 0 Å². The summed E-state index contributed by atoms with van der Waals surface area (Å²) in [7, 11) is 0. The highest BCUT2D eigenvalue weighted by Gasteiger charge is 2.14. The third kappa shape index (κ3) is 3.14. The predicted molar refractivity (Wildman–Crippen MR) is 49.2 cm³/mol.